The molecule has 0 aromatic carbocycles. The van der Waals surface area contributed by atoms with Crippen LogP contribution < -0.4 is 0 Å². The maximum Gasteiger partial charge on any atom is 0.174 e. The lowest BCUT2D eigenvalue weighted by Gasteiger charge is -2.10. The molecule has 0 heterocycles. The number of rotatable bonds is 15. The molecule has 0 saturated carbocycles. The zero-order valence-corrected chi connectivity index (χ0v) is 14.3. The lowest BCUT2D eigenvalue weighted by molar-refractivity contribution is 0.146. The topological polar surface area (TPSA) is 18.5 Å². The van der Waals surface area contributed by atoms with Crippen LogP contribution in [0.2, 0.25) is 12.6 Å². The molecule has 1 atom stereocenters. The molecule has 0 aliphatic carbocycles. The Labute approximate surface area is 122 Å². The molecule has 0 aliphatic heterocycles. The second-order valence-corrected chi connectivity index (χ2v) is 7.90. The van der Waals surface area contributed by atoms with Gasteiger partial charge < -0.3 is 9.16 Å². The number of allylic oxidation sites excluding steroid dienone is 1. The van der Waals surface area contributed by atoms with E-state index in [9.17, 15) is 0 Å². The quantitative estimate of drug-likeness (QED) is 0.247. The van der Waals surface area contributed by atoms with E-state index in [4.69, 9.17) is 9.16 Å². The van der Waals surface area contributed by atoms with Gasteiger partial charge in [0, 0.05) is 7.11 Å². The second kappa shape index (κ2) is 15.9. The third-order valence-electron chi connectivity index (χ3n) is 3.46. The first kappa shape index (κ1) is 18.9. The van der Waals surface area contributed by atoms with Crippen LogP contribution in [-0.2, 0) is 9.16 Å². The normalized spacial score (nSPS) is 12.5. The van der Waals surface area contributed by atoms with Gasteiger partial charge in [0.2, 0.25) is 0 Å². The Morgan fingerprint density at radius 3 is 2.05 bits per heavy atom. The van der Waals surface area contributed by atoms with Crippen LogP contribution in [0, 0.1) is 0 Å². The van der Waals surface area contributed by atoms with E-state index >= 15 is 0 Å². The minimum atomic E-state index is -0.901. The molecule has 0 aromatic heterocycles. The van der Waals surface area contributed by atoms with Crippen molar-refractivity contribution in [3.05, 3.63) is 12.7 Å². The summed E-state index contributed by atoms with van der Waals surface area (Å²) in [6.07, 6.45) is 14.3. The molecule has 0 radical (unpaired) electrons. The molecule has 3 heteroatoms. The Bertz CT molecular complexity index is 186. The fraction of sp³-hybridized carbons (Fsp3) is 0.875. The average Bonchev–Trinajstić information content (AvgIpc) is 2.41. The molecule has 0 amide bonds. The van der Waals surface area contributed by atoms with E-state index in [1.54, 1.807) is 7.11 Å². The van der Waals surface area contributed by atoms with E-state index in [-0.39, 0.29) is 0 Å². The molecule has 114 valence electrons. The van der Waals surface area contributed by atoms with Crippen LogP contribution in [0.5, 0.6) is 0 Å². The van der Waals surface area contributed by atoms with Crippen molar-refractivity contribution in [2.75, 3.05) is 20.3 Å². The third kappa shape index (κ3) is 15.8. The van der Waals surface area contributed by atoms with Crippen LogP contribution in [0.4, 0.5) is 0 Å². The zero-order valence-electron chi connectivity index (χ0n) is 13.2. The maximum atomic E-state index is 5.77. The first-order valence-electron chi connectivity index (χ1n) is 8.02. The van der Waals surface area contributed by atoms with Gasteiger partial charge in [-0.05, 0) is 25.4 Å². The van der Waals surface area contributed by atoms with Gasteiger partial charge in [-0.15, -0.1) is 6.58 Å². The first-order valence-corrected chi connectivity index (χ1v) is 10.5. The van der Waals surface area contributed by atoms with Crippen LogP contribution in [0.3, 0.4) is 0 Å². The van der Waals surface area contributed by atoms with Crippen molar-refractivity contribution in [2.24, 2.45) is 0 Å². The second-order valence-electron chi connectivity index (χ2n) is 5.37. The van der Waals surface area contributed by atoms with E-state index in [1.807, 2.05) is 6.08 Å². The highest BCUT2D eigenvalue weighted by atomic mass is 28.3. The summed E-state index contributed by atoms with van der Waals surface area (Å²) >= 11 is 0. The Hall–Kier alpha value is -0.123. The molecule has 2 nitrogen and oxygen atoms in total. The minimum absolute atomic E-state index is 0.739. The van der Waals surface area contributed by atoms with Gasteiger partial charge in [0.15, 0.2) is 9.04 Å². The van der Waals surface area contributed by atoms with E-state index in [0.717, 1.165) is 13.2 Å². The number of hydrogen-bond donors (Lipinski definition) is 0. The van der Waals surface area contributed by atoms with Gasteiger partial charge in [0.1, 0.15) is 0 Å². The summed E-state index contributed by atoms with van der Waals surface area (Å²) in [6, 6.07) is 1.32. The highest BCUT2D eigenvalue weighted by molar-refractivity contribution is 6.50. The van der Waals surface area contributed by atoms with Crippen molar-refractivity contribution < 1.29 is 9.16 Å². The highest BCUT2D eigenvalue weighted by Gasteiger charge is 2.03. The van der Waals surface area contributed by atoms with Crippen LogP contribution in [0.25, 0.3) is 0 Å². The van der Waals surface area contributed by atoms with Crippen LogP contribution in [0.15, 0.2) is 12.7 Å². The van der Waals surface area contributed by atoms with Crippen LogP contribution in [0.1, 0.15) is 57.8 Å². The maximum absolute atomic E-state index is 5.77. The lowest BCUT2D eigenvalue weighted by atomic mass is 10.1. The molecule has 0 bridgehead atoms. The van der Waals surface area contributed by atoms with Crippen LogP contribution in [-0.4, -0.2) is 29.4 Å². The third-order valence-corrected chi connectivity index (χ3v) is 5.48. The summed E-state index contributed by atoms with van der Waals surface area (Å²) in [6.45, 7) is 7.58. The Morgan fingerprint density at radius 2 is 1.47 bits per heavy atom. The molecule has 0 fully saturated rings. The van der Waals surface area contributed by atoms with Crippen molar-refractivity contribution in [1.82, 2.24) is 0 Å². The fourth-order valence-corrected chi connectivity index (χ4v) is 3.73. The molecule has 0 N–H and O–H groups in total. The Balaban J connectivity index is 3.07. The van der Waals surface area contributed by atoms with E-state index in [0.29, 0.717) is 0 Å². The highest BCUT2D eigenvalue weighted by Crippen LogP contribution is 2.12. The molecular formula is C16H34O2Si. The standard InChI is InChI=1S/C16H34O2Si/c1-4-5-6-7-8-9-10-11-12-13-16-19(3)18-15-14-17-2/h4,19H,1,5-16H2,2-3H3. The van der Waals surface area contributed by atoms with Crippen molar-refractivity contribution in [1.29, 1.82) is 0 Å². The van der Waals surface area contributed by atoms with Gasteiger partial charge in [0.25, 0.3) is 0 Å². The SMILES string of the molecule is C=CCCCCCCCCCC[SiH](C)OCCOC. The van der Waals surface area contributed by atoms with Gasteiger partial charge in [-0.25, -0.2) is 0 Å². The fourth-order valence-electron chi connectivity index (χ4n) is 2.20. The molecular weight excluding hydrogens is 252 g/mol. The molecule has 19 heavy (non-hydrogen) atoms. The van der Waals surface area contributed by atoms with Crippen LogP contribution >= 0.6 is 0 Å². The summed E-state index contributed by atoms with van der Waals surface area (Å²) in [4.78, 5) is 0. The van der Waals surface area contributed by atoms with Gasteiger partial charge in [-0.1, -0.05) is 51.0 Å². The summed E-state index contributed by atoms with van der Waals surface area (Å²) in [5.41, 5.74) is 0. The molecule has 0 aliphatic rings. The predicted molar refractivity (Wildman–Crippen MR) is 87.4 cm³/mol. The monoisotopic (exact) mass is 286 g/mol. The summed E-state index contributed by atoms with van der Waals surface area (Å²) in [7, 11) is 0.828. The largest absolute Gasteiger partial charge is 0.418 e. The molecule has 0 rings (SSSR count). The molecule has 0 spiro atoms. The van der Waals surface area contributed by atoms with E-state index in [2.05, 4.69) is 13.1 Å². The van der Waals surface area contributed by atoms with Crippen molar-refractivity contribution in [3.8, 4) is 0 Å². The van der Waals surface area contributed by atoms with Gasteiger partial charge in [0.05, 0.1) is 13.2 Å². The number of methoxy groups -OCH3 is 1. The molecule has 0 aromatic rings. The lowest BCUT2D eigenvalue weighted by Crippen LogP contribution is -2.16. The van der Waals surface area contributed by atoms with Gasteiger partial charge in [-0.3, -0.25) is 0 Å². The summed E-state index contributed by atoms with van der Waals surface area (Å²) < 4.78 is 10.8. The van der Waals surface area contributed by atoms with Crippen molar-refractivity contribution >= 4 is 9.04 Å². The van der Waals surface area contributed by atoms with E-state index in [1.165, 1.54) is 63.8 Å². The number of ether oxygens (including phenoxy) is 1. The van der Waals surface area contributed by atoms with Gasteiger partial charge >= 0.3 is 0 Å². The van der Waals surface area contributed by atoms with Crippen molar-refractivity contribution in [2.45, 2.75) is 70.4 Å². The Morgan fingerprint density at radius 1 is 0.895 bits per heavy atom. The number of unbranched alkanes of at least 4 members (excludes halogenated alkanes) is 8. The van der Waals surface area contributed by atoms with Gasteiger partial charge in [-0.2, -0.15) is 0 Å². The van der Waals surface area contributed by atoms with E-state index < -0.39 is 9.04 Å². The number of hydrogen-bond acceptors (Lipinski definition) is 2. The average molecular weight is 287 g/mol. The Kier molecular flexibility index (Phi) is 15.8. The zero-order chi connectivity index (χ0) is 14.2. The molecule has 1 unspecified atom stereocenters. The molecule has 0 saturated heterocycles. The summed E-state index contributed by atoms with van der Waals surface area (Å²) in [5.74, 6) is 0. The predicted octanol–water partition coefficient (Wildman–Crippen LogP) is 4.70. The summed E-state index contributed by atoms with van der Waals surface area (Å²) in [5, 5.41) is 0. The van der Waals surface area contributed by atoms with Crippen molar-refractivity contribution in [3.63, 3.8) is 0 Å². The smallest absolute Gasteiger partial charge is 0.174 e. The first-order chi connectivity index (χ1) is 9.31. The minimum Gasteiger partial charge on any atom is -0.418 e.